The molecule has 0 radical (unpaired) electrons. The lowest BCUT2D eigenvalue weighted by molar-refractivity contribution is -0.384. The van der Waals surface area contributed by atoms with Gasteiger partial charge in [0.15, 0.2) is 5.69 Å². The minimum atomic E-state index is -1.31. The van der Waals surface area contributed by atoms with Crippen LogP contribution in [0.1, 0.15) is 23.8 Å². The number of amides is 1. The molecule has 0 saturated carbocycles. The number of carbonyl (C=O) groups excluding carboxylic acids is 1. The van der Waals surface area contributed by atoms with Gasteiger partial charge in [-0.25, -0.2) is 9.78 Å². The number of hydrogen-bond acceptors (Lipinski definition) is 6. The van der Waals surface area contributed by atoms with Crippen molar-refractivity contribution >= 4 is 23.4 Å². The Hall–Kier alpha value is -2.71. The van der Waals surface area contributed by atoms with Crippen LogP contribution < -0.4 is 11.1 Å². The number of nitrogens with two attached hydrogens (primary N) is 1. The normalized spacial score (nSPS) is 11.6. The Morgan fingerprint density at radius 2 is 2.21 bits per heavy atom. The van der Waals surface area contributed by atoms with Crippen molar-refractivity contribution in [3.05, 3.63) is 27.9 Å². The molecule has 1 unspecified atom stereocenters. The van der Waals surface area contributed by atoms with Gasteiger partial charge >= 0.3 is 11.7 Å². The Bertz CT molecular complexity index is 531. The average molecular weight is 268 g/mol. The number of carboxylic acid groups (broad SMARTS) is 1. The summed E-state index contributed by atoms with van der Waals surface area (Å²) < 4.78 is 0. The second-order valence-electron chi connectivity index (χ2n) is 3.84. The largest absolute Gasteiger partial charge is 0.477 e. The van der Waals surface area contributed by atoms with Crippen LogP contribution in [0.3, 0.4) is 0 Å². The second kappa shape index (κ2) is 5.76. The van der Waals surface area contributed by atoms with Crippen molar-refractivity contribution < 1.29 is 19.6 Å². The van der Waals surface area contributed by atoms with Gasteiger partial charge in [0.25, 0.3) is 0 Å². The highest BCUT2D eigenvalue weighted by atomic mass is 16.6. The number of nitrogens with one attached hydrogen (secondary N) is 1. The number of aromatic nitrogens is 1. The van der Waals surface area contributed by atoms with E-state index in [-0.39, 0.29) is 23.6 Å². The zero-order valence-electron chi connectivity index (χ0n) is 9.99. The predicted molar refractivity (Wildman–Crippen MR) is 64.7 cm³/mol. The van der Waals surface area contributed by atoms with Crippen LogP contribution >= 0.6 is 0 Å². The smallest absolute Gasteiger partial charge is 0.354 e. The van der Waals surface area contributed by atoms with E-state index in [4.69, 9.17) is 10.8 Å². The van der Waals surface area contributed by atoms with E-state index in [2.05, 4.69) is 10.3 Å². The fraction of sp³-hybridized carbons (Fsp3) is 0.300. The fourth-order valence-corrected chi connectivity index (χ4v) is 1.41. The van der Waals surface area contributed by atoms with E-state index in [1.807, 2.05) is 0 Å². The molecule has 0 bridgehead atoms. The van der Waals surface area contributed by atoms with E-state index >= 15 is 0 Å². The van der Waals surface area contributed by atoms with Crippen molar-refractivity contribution in [3.63, 3.8) is 0 Å². The molecule has 0 aromatic carbocycles. The van der Waals surface area contributed by atoms with Crippen molar-refractivity contribution in [2.75, 3.05) is 5.32 Å². The van der Waals surface area contributed by atoms with Crippen LogP contribution in [0.2, 0.25) is 0 Å². The maximum Gasteiger partial charge on any atom is 0.354 e. The molecule has 0 spiro atoms. The van der Waals surface area contributed by atoms with Gasteiger partial charge < -0.3 is 16.2 Å². The molecule has 1 heterocycles. The number of aromatic carboxylic acids is 1. The van der Waals surface area contributed by atoms with Crippen molar-refractivity contribution in [2.45, 2.75) is 19.4 Å². The summed E-state index contributed by atoms with van der Waals surface area (Å²) in [5.41, 5.74) is 4.29. The molecular weight excluding hydrogens is 256 g/mol. The number of anilines is 1. The first kappa shape index (κ1) is 14.4. The van der Waals surface area contributed by atoms with Crippen LogP contribution in [-0.2, 0) is 4.79 Å². The Morgan fingerprint density at radius 1 is 1.58 bits per heavy atom. The fourth-order valence-electron chi connectivity index (χ4n) is 1.41. The predicted octanol–water partition coefficient (Wildman–Crippen LogP) is 0.364. The maximum atomic E-state index is 10.8. The zero-order chi connectivity index (χ0) is 14.6. The molecule has 1 aromatic heterocycles. The molecule has 9 nitrogen and oxygen atoms in total. The molecule has 0 saturated heterocycles. The lowest BCUT2D eigenvalue weighted by atomic mass is 10.2. The number of carboxylic acids is 1. The molecule has 0 fully saturated rings. The molecule has 1 aromatic rings. The highest BCUT2D eigenvalue weighted by Gasteiger charge is 2.20. The van der Waals surface area contributed by atoms with Crippen molar-refractivity contribution in [3.8, 4) is 0 Å². The number of carbonyl (C=O) groups is 2. The van der Waals surface area contributed by atoms with Gasteiger partial charge in [-0.3, -0.25) is 14.9 Å². The standard InChI is InChI=1S/C10H12N4O5/c1-5(4-8(11)15)12-9-7(14(18)19)3-2-6(13-9)10(16)17/h2-3,5H,4H2,1H3,(H2,11,15)(H,12,13)(H,16,17). The Kier molecular flexibility index (Phi) is 4.35. The molecule has 102 valence electrons. The van der Waals surface area contributed by atoms with Crippen molar-refractivity contribution in [1.82, 2.24) is 4.98 Å². The van der Waals surface area contributed by atoms with Gasteiger partial charge in [0.2, 0.25) is 11.7 Å². The van der Waals surface area contributed by atoms with E-state index in [1.54, 1.807) is 6.92 Å². The minimum absolute atomic E-state index is 0.0594. The summed E-state index contributed by atoms with van der Waals surface area (Å²) in [4.78, 5) is 35.2. The number of hydrogen-bond donors (Lipinski definition) is 3. The third kappa shape index (κ3) is 3.91. The van der Waals surface area contributed by atoms with Gasteiger partial charge in [0.1, 0.15) is 0 Å². The van der Waals surface area contributed by atoms with Crippen LogP contribution in [0.5, 0.6) is 0 Å². The molecule has 9 heteroatoms. The van der Waals surface area contributed by atoms with Gasteiger partial charge in [0.05, 0.1) is 4.92 Å². The number of nitrogens with zero attached hydrogens (tertiary/aromatic N) is 2. The summed E-state index contributed by atoms with van der Waals surface area (Å²) in [6.07, 6.45) is -0.0594. The van der Waals surface area contributed by atoms with E-state index < -0.39 is 22.8 Å². The Labute approximate surface area is 107 Å². The maximum absolute atomic E-state index is 10.8. The highest BCUT2D eigenvalue weighted by Crippen LogP contribution is 2.23. The van der Waals surface area contributed by atoms with Crippen LogP contribution in [0.4, 0.5) is 11.5 Å². The molecule has 4 N–H and O–H groups in total. The van der Waals surface area contributed by atoms with Gasteiger partial charge in [-0.2, -0.15) is 0 Å². The van der Waals surface area contributed by atoms with Gasteiger partial charge in [0, 0.05) is 18.5 Å². The monoisotopic (exact) mass is 268 g/mol. The van der Waals surface area contributed by atoms with E-state index in [1.165, 1.54) is 0 Å². The van der Waals surface area contributed by atoms with Crippen LogP contribution in [0.15, 0.2) is 12.1 Å². The SMILES string of the molecule is CC(CC(N)=O)Nc1nc(C(=O)O)ccc1[N+](=O)[O-]. The Morgan fingerprint density at radius 3 is 2.68 bits per heavy atom. The number of nitro groups is 1. The number of primary amides is 1. The molecular formula is C10H12N4O5. The molecule has 1 atom stereocenters. The highest BCUT2D eigenvalue weighted by molar-refractivity contribution is 5.86. The topological polar surface area (TPSA) is 148 Å². The molecule has 1 amide bonds. The van der Waals surface area contributed by atoms with Crippen molar-refractivity contribution in [2.24, 2.45) is 5.73 Å². The molecule has 1 rings (SSSR count). The van der Waals surface area contributed by atoms with Crippen molar-refractivity contribution in [1.29, 1.82) is 0 Å². The minimum Gasteiger partial charge on any atom is -0.477 e. The van der Waals surface area contributed by atoms with Gasteiger partial charge in [-0.1, -0.05) is 0 Å². The van der Waals surface area contributed by atoms with E-state index in [0.29, 0.717) is 0 Å². The van der Waals surface area contributed by atoms with Crippen LogP contribution in [0, 0.1) is 10.1 Å². The van der Waals surface area contributed by atoms with Crippen LogP contribution in [-0.4, -0.2) is 32.9 Å². The Balaban J connectivity index is 3.07. The lowest BCUT2D eigenvalue weighted by Crippen LogP contribution is -2.25. The quantitative estimate of drug-likeness (QED) is 0.498. The average Bonchev–Trinajstić information content (AvgIpc) is 2.26. The first-order chi connectivity index (χ1) is 8.81. The number of rotatable bonds is 6. The van der Waals surface area contributed by atoms with E-state index in [9.17, 15) is 19.7 Å². The summed E-state index contributed by atoms with van der Waals surface area (Å²) in [6, 6.07) is 1.56. The first-order valence-corrected chi connectivity index (χ1v) is 5.25. The molecule has 0 aliphatic carbocycles. The second-order valence-corrected chi connectivity index (χ2v) is 3.84. The van der Waals surface area contributed by atoms with Gasteiger partial charge in [-0.15, -0.1) is 0 Å². The molecule has 0 aliphatic heterocycles. The summed E-state index contributed by atoms with van der Waals surface area (Å²) >= 11 is 0. The number of pyridine rings is 1. The third-order valence-corrected chi connectivity index (χ3v) is 2.18. The summed E-state index contributed by atoms with van der Waals surface area (Å²) in [7, 11) is 0. The summed E-state index contributed by atoms with van der Waals surface area (Å²) in [6.45, 7) is 1.57. The van der Waals surface area contributed by atoms with E-state index in [0.717, 1.165) is 12.1 Å². The summed E-state index contributed by atoms with van der Waals surface area (Å²) in [5, 5.41) is 22.2. The molecule has 0 aliphatic rings. The lowest BCUT2D eigenvalue weighted by Gasteiger charge is -2.12. The summed E-state index contributed by atoms with van der Waals surface area (Å²) in [5.74, 6) is -2.10. The third-order valence-electron chi connectivity index (χ3n) is 2.18. The van der Waals surface area contributed by atoms with Gasteiger partial charge in [-0.05, 0) is 13.0 Å². The zero-order valence-corrected chi connectivity index (χ0v) is 9.99. The first-order valence-electron chi connectivity index (χ1n) is 5.25. The molecule has 19 heavy (non-hydrogen) atoms. The van der Waals surface area contributed by atoms with Crippen LogP contribution in [0.25, 0.3) is 0 Å².